The van der Waals surface area contributed by atoms with Crippen molar-refractivity contribution < 1.29 is 15.0 Å². The quantitative estimate of drug-likeness (QED) is 0.732. The first-order valence-corrected chi connectivity index (χ1v) is 6.56. The molecule has 0 saturated carbocycles. The van der Waals surface area contributed by atoms with Crippen LogP contribution in [0.1, 0.15) is 27.7 Å². The fraction of sp³-hybridized carbons (Fsp3) is 0.250. The molecular weight excluding hydrogens is 266 g/mol. The first kappa shape index (κ1) is 13.6. The number of aromatic nitrogens is 2. The Labute approximate surface area is 113 Å². The van der Waals surface area contributed by atoms with Crippen LogP contribution >= 0.6 is 11.3 Å². The first-order valence-electron chi connectivity index (χ1n) is 5.61. The zero-order chi connectivity index (χ0) is 13.7. The van der Waals surface area contributed by atoms with Crippen LogP contribution in [0.2, 0.25) is 0 Å². The molecule has 2 heterocycles. The highest BCUT2D eigenvalue weighted by Crippen LogP contribution is 2.15. The molecular formula is C12H13N3O3S. The van der Waals surface area contributed by atoms with E-state index in [1.165, 1.54) is 23.9 Å². The lowest BCUT2D eigenvalue weighted by atomic mass is 10.2. The Morgan fingerprint density at radius 1 is 1.53 bits per heavy atom. The molecule has 6 nitrogen and oxygen atoms in total. The highest BCUT2D eigenvalue weighted by Gasteiger charge is 2.12. The topological polar surface area (TPSA) is 95.3 Å². The molecule has 0 aliphatic heterocycles. The Kier molecular flexibility index (Phi) is 4.56. The number of carboxylic acids is 1. The summed E-state index contributed by atoms with van der Waals surface area (Å²) in [6, 6.07) is 1.85. The van der Waals surface area contributed by atoms with Gasteiger partial charge in [-0.3, -0.25) is 0 Å². The summed E-state index contributed by atoms with van der Waals surface area (Å²) in [5, 5.41) is 25.6. The van der Waals surface area contributed by atoms with Gasteiger partial charge >= 0.3 is 5.97 Å². The summed E-state index contributed by atoms with van der Waals surface area (Å²) in [4.78, 5) is 18.6. The predicted octanol–water partition coefficient (Wildman–Crippen LogP) is 1.06. The standard InChI is InChI=1S/C12H13N3O3S/c16-11(8-1-2-19-6-8)5-13-4-10-9(12(17)18)3-14-7-15-10/h1-3,6-7,11,13,16H,4-5H2,(H,17,18). The van der Waals surface area contributed by atoms with Crippen LogP contribution in [0.15, 0.2) is 29.4 Å². The van der Waals surface area contributed by atoms with E-state index in [0.29, 0.717) is 12.2 Å². The SMILES string of the molecule is O=C(O)c1cncnc1CNCC(O)c1ccsc1. The molecule has 0 radical (unpaired) electrons. The Morgan fingerprint density at radius 2 is 2.37 bits per heavy atom. The number of nitrogens with zero attached hydrogens (tertiary/aromatic N) is 2. The van der Waals surface area contributed by atoms with Gasteiger partial charge in [0, 0.05) is 19.3 Å². The van der Waals surface area contributed by atoms with E-state index in [9.17, 15) is 9.90 Å². The molecule has 2 aromatic heterocycles. The number of carbonyl (C=O) groups is 1. The number of thiophene rings is 1. The van der Waals surface area contributed by atoms with Gasteiger partial charge in [0.15, 0.2) is 0 Å². The number of nitrogens with one attached hydrogen (secondary N) is 1. The summed E-state index contributed by atoms with van der Waals surface area (Å²) >= 11 is 1.52. The van der Waals surface area contributed by atoms with Gasteiger partial charge in [0.2, 0.25) is 0 Å². The van der Waals surface area contributed by atoms with Crippen LogP contribution in [-0.4, -0.2) is 32.7 Å². The lowest BCUT2D eigenvalue weighted by Crippen LogP contribution is -2.22. The van der Waals surface area contributed by atoms with E-state index in [1.807, 2.05) is 16.8 Å². The monoisotopic (exact) mass is 279 g/mol. The summed E-state index contributed by atoms with van der Waals surface area (Å²) < 4.78 is 0. The lowest BCUT2D eigenvalue weighted by Gasteiger charge is -2.10. The van der Waals surface area contributed by atoms with Gasteiger partial charge in [-0.2, -0.15) is 11.3 Å². The van der Waals surface area contributed by atoms with Crippen LogP contribution in [0.3, 0.4) is 0 Å². The van der Waals surface area contributed by atoms with Gasteiger partial charge in [0.25, 0.3) is 0 Å². The minimum atomic E-state index is -1.06. The highest BCUT2D eigenvalue weighted by atomic mass is 32.1. The number of aromatic carboxylic acids is 1. The van der Waals surface area contributed by atoms with Crippen LogP contribution in [0.25, 0.3) is 0 Å². The van der Waals surface area contributed by atoms with Crippen molar-refractivity contribution in [1.82, 2.24) is 15.3 Å². The van der Waals surface area contributed by atoms with E-state index in [0.717, 1.165) is 5.56 Å². The molecule has 19 heavy (non-hydrogen) atoms. The molecule has 0 aliphatic rings. The predicted molar refractivity (Wildman–Crippen MR) is 70.0 cm³/mol. The zero-order valence-corrected chi connectivity index (χ0v) is 10.8. The number of carboxylic acid groups (broad SMARTS) is 1. The summed E-state index contributed by atoms with van der Waals surface area (Å²) in [5.74, 6) is -1.06. The maximum Gasteiger partial charge on any atom is 0.339 e. The molecule has 0 amide bonds. The molecule has 1 unspecified atom stereocenters. The van der Waals surface area contributed by atoms with Crippen LogP contribution in [0, 0.1) is 0 Å². The Hall–Kier alpha value is -1.83. The van der Waals surface area contributed by atoms with Crippen molar-refractivity contribution in [2.24, 2.45) is 0 Å². The van der Waals surface area contributed by atoms with E-state index in [4.69, 9.17) is 5.11 Å². The van der Waals surface area contributed by atoms with E-state index < -0.39 is 12.1 Å². The molecule has 0 aromatic carbocycles. The number of aliphatic hydroxyl groups excluding tert-OH is 1. The molecule has 100 valence electrons. The number of rotatable bonds is 6. The van der Waals surface area contributed by atoms with Gasteiger partial charge in [-0.15, -0.1) is 0 Å². The lowest BCUT2D eigenvalue weighted by molar-refractivity contribution is 0.0694. The Balaban J connectivity index is 1.91. The molecule has 2 rings (SSSR count). The van der Waals surface area contributed by atoms with Crippen molar-refractivity contribution >= 4 is 17.3 Å². The molecule has 0 aliphatic carbocycles. The molecule has 0 bridgehead atoms. The van der Waals surface area contributed by atoms with Gasteiger partial charge in [0.05, 0.1) is 11.8 Å². The van der Waals surface area contributed by atoms with Crippen molar-refractivity contribution in [3.05, 3.63) is 46.2 Å². The third-order valence-corrected chi connectivity index (χ3v) is 3.28. The molecule has 2 aromatic rings. The van der Waals surface area contributed by atoms with E-state index in [2.05, 4.69) is 15.3 Å². The summed E-state index contributed by atoms with van der Waals surface area (Å²) in [5.41, 5.74) is 1.32. The second-order valence-electron chi connectivity index (χ2n) is 3.89. The van der Waals surface area contributed by atoms with E-state index >= 15 is 0 Å². The molecule has 0 spiro atoms. The van der Waals surface area contributed by atoms with Crippen molar-refractivity contribution in [1.29, 1.82) is 0 Å². The maximum atomic E-state index is 10.9. The second kappa shape index (κ2) is 6.37. The summed E-state index contributed by atoms with van der Waals surface area (Å²) in [7, 11) is 0. The smallest absolute Gasteiger partial charge is 0.339 e. The number of hydrogen-bond donors (Lipinski definition) is 3. The third kappa shape index (κ3) is 3.57. The minimum absolute atomic E-state index is 0.0695. The van der Waals surface area contributed by atoms with Crippen LogP contribution < -0.4 is 5.32 Å². The van der Waals surface area contributed by atoms with Gasteiger partial charge in [-0.25, -0.2) is 14.8 Å². The average molecular weight is 279 g/mol. The molecule has 3 N–H and O–H groups in total. The van der Waals surface area contributed by atoms with Crippen molar-refractivity contribution in [2.45, 2.75) is 12.6 Å². The average Bonchev–Trinajstić information content (AvgIpc) is 2.93. The summed E-state index contributed by atoms with van der Waals surface area (Å²) in [6.45, 7) is 0.602. The third-order valence-electron chi connectivity index (χ3n) is 2.58. The van der Waals surface area contributed by atoms with Gasteiger partial charge < -0.3 is 15.5 Å². The molecule has 0 fully saturated rings. The van der Waals surface area contributed by atoms with Crippen molar-refractivity contribution in [3.63, 3.8) is 0 Å². The normalized spacial score (nSPS) is 12.3. The van der Waals surface area contributed by atoms with Gasteiger partial charge in [0.1, 0.15) is 11.9 Å². The second-order valence-corrected chi connectivity index (χ2v) is 4.67. The van der Waals surface area contributed by atoms with Gasteiger partial charge in [-0.05, 0) is 22.4 Å². The largest absolute Gasteiger partial charge is 0.478 e. The maximum absolute atomic E-state index is 10.9. The fourth-order valence-corrected chi connectivity index (χ4v) is 2.29. The summed E-state index contributed by atoms with van der Waals surface area (Å²) in [6.07, 6.45) is 1.96. The Morgan fingerprint density at radius 3 is 3.05 bits per heavy atom. The number of aliphatic hydroxyl groups is 1. The number of hydrogen-bond acceptors (Lipinski definition) is 6. The van der Waals surface area contributed by atoms with E-state index in [1.54, 1.807) is 0 Å². The van der Waals surface area contributed by atoms with Crippen molar-refractivity contribution in [2.75, 3.05) is 6.54 Å². The van der Waals surface area contributed by atoms with Crippen LogP contribution in [0.4, 0.5) is 0 Å². The highest BCUT2D eigenvalue weighted by molar-refractivity contribution is 7.07. The molecule has 0 saturated heterocycles. The molecule has 1 atom stereocenters. The van der Waals surface area contributed by atoms with E-state index in [-0.39, 0.29) is 12.1 Å². The molecule has 7 heteroatoms. The zero-order valence-electron chi connectivity index (χ0n) is 9.98. The minimum Gasteiger partial charge on any atom is -0.478 e. The Bertz CT molecular complexity index is 545. The van der Waals surface area contributed by atoms with Crippen LogP contribution in [0.5, 0.6) is 0 Å². The van der Waals surface area contributed by atoms with Crippen molar-refractivity contribution in [3.8, 4) is 0 Å². The fourth-order valence-electron chi connectivity index (χ4n) is 1.58. The van der Waals surface area contributed by atoms with Gasteiger partial charge in [-0.1, -0.05) is 0 Å². The van der Waals surface area contributed by atoms with Crippen LogP contribution in [-0.2, 0) is 6.54 Å². The first-order chi connectivity index (χ1) is 9.18.